The van der Waals surface area contributed by atoms with Gasteiger partial charge in [0, 0.05) is 43.8 Å². The number of hydrogen-bond acceptors (Lipinski definition) is 5. The molecule has 0 atom stereocenters. The molecule has 0 amide bonds. The molecule has 28 heavy (non-hydrogen) atoms. The zero-order chi connectivity index (χ0) is 19.8. The van der Waals surface area contributed by atoms with Crippen molar-refractivity contribution in [3.63, 3.8) is 0 Å². The van der Waals surface area contributed by atoms with Gasteiger partial charge >= 0.3 is 0 Å². The van der Waals surface area contributed by atoms with Crippen molar-refractivity contribution in [2.24, 2.45) is 10.9 Å². The third-order valence-electron chi connectivity index (χ3n) is 3.93. The van der Waals surface area contributed by atoms with Crippen LogP contribution in [0.1, 0.15) is 19.7 Å². The maximum Gasteiger partial charge on any atom is 0.203 e. The number of ether oxygens (including phenoxy) is 3. The molecule has 2 aromatic rings. The summed E-state index contributed by atoms with van der Waals surface area (Å²) in [7, 11) is 6.46. The fourth-order valence-corrected chi connectivity index (χ4v) is 2.70. The van der Waals surface area contributed by atoms with Crippen molar-refractivity contribution < 1.29 is 14.2 Å². The van der Waals surface area contributed by atoms with E-state index in [1.165, 1.54) is 0 Å². The average Bonchev–Trinajstić information content (AvgIpc) is 3.10. The molecule has 0 aliphatic rings. The number of hydrogen-bond donors (Lipinski definition) is 2. The Labute approximate surface area is 183 Å². The van der Waals surface area contributed by atoms with Crippen LogP contribution in [0, 0.1) is 5.92 Å². The van der Waals surface area contributed by atoms with Crippen LogP contribution >= 0.6 is 24.0 Å². The Morgan fingerprint density at radius 3 is 2.29 bits per heavy atom. The van der Waals surface area contributed by atoms with Crippen LogP contribution in [0.15, 0.2) is 29.5 Å². The number of halogens is 1. The predicted octanol–water partition coefficient (Wildman–Crippen LogP) is 3.37. The van der Waals surface area contributed by atoms with Gasteiger partial charge in [-0.2, -0.15) is 0 Å². The van der Waals surface area contributed by atoms with Gasteiger partial charge in [-0.15, -0.1) is 24.0 Å². The summed E-state index contributed by atoms with van der Waals surface area (Å²) >= 11 is 0. The SMILES string of the molecule is CN=C(NCc1nccn1CC(C)C)Nc1cc(OC)c(OC)c(OC)c1.I. The molecule has 1 heterocycles. The van der Waals surface area contributed by atoms with Crippen LogP contribution in [0.4, 0.5) is 5.69 Å². The molecule has 0 aliphatic carbocycles. The van der Waals surface area contributed by atoms with Gasteiger partial charge in [-0.05, 0) is 5.92 Å². The van der Waals surface area contributed by atoms with E-state index in [9.17, 15) is 0 Å². The molecule has 156 valence electrons. The molecule has 8 nitrogen and oxygen atoms in total. The lowest BCUT2D eigenvalue weighted by Gasteiger charge is -2.17. The van der Waals surface area contributed by atoms with E-state index < -0.39 is 0 Å². The van der Waals surface area contributed by atoms with Crippen LogP contribution in [-0.2, 0) is 13.1 Å². The summed E-state index contributed by atoms with van der Waals surface area (Å²) in [6.07, 6.45) is 3.81. The Morgan fingerprint density at radius 1 is 1.14 bits per heavy atom. The fraction of sp³-hybridized carbons (Fsp3) is 0.474. The minimum Gasteiger partial charge on any atom is -0.493 e. The molecule has 0 radical (unpaired) electrons. The summed E-state index contributed by atoms with van der Waals surface area (Å²) in [4.78, 5) is 8.69. The number of nitrogens with zero attached hydrogens (tertiary/aromatic N) is 3. The highest BCUT2D eigenvalue weighted by Crippen LogP contribution is 2.39. The van der Waals surface area contributed by atoms with Gasteiger partial charge < -0.3 is 29.4 Å². The van der Waals surface area contributed by atoms with Crippen LogP contribution in [0.2, 0.25) is 0 Å². The first kappa shape index (κ1) is 23.9. The number of aliphatic imine (C=N–C) groups is 1. The Morgan fingerprint density at radius 2 is 1.79 bits per heavy atom. The molecule has 0 bridgehead atoms. The number of methoxy groups -OCH3 is 3. The van der Waals surface area contributed by atoms with Crippen LogP contribution in [-0.4, -0.2) is 43.9 Å². The first-order chi connectivity index (χ1) is 13.0. The summed E-state index contributed by atoms with van der Waals surface area (Å²) in [5.41, 5.74) is 0.767. The van der Waals surface area contributed by atoms with E-state index in [2.05, 4.69) is 39.0 Å². The van der Waals surface area contributed by atoms with Crippen LogP contribution in [0.25, 0.3) is 0 Å². The first-order valence-electron chi connectivity index (χ1n) is 8.80. The van der Waals surface area contributed by atoms with Gasteiger partial charge in [-0.3, -0.25) is 4.99 Å². The Bertz CT molecular complexity index is 752. The molecule has 2 rings (SSSR count). The average molecular weight is 503 g/mol. The lowest BCUT2D eigenvalue weighted by atomic mass is 10.2. The van der Waals surface area contributed by atoms with Gasteiger partial charge in [0.05, 0.1) is 27.9 Å². The van der Waals surface area contributed by atoms with Gasteiger partial charge in [0.25, 0.3) is 0 Å². The minimum atomic E-state index is 0. The highest BCUT2D eigenvalue weighted by atomic mass is 127. The van der Waals surface area contributed by atoms with Crippen LogP contribution in [0.5, 0.6) is 17.2 Å². The lowest BCUT2D eigenvalue weighted by Crippen LogP contribution is -2.31. The Hall–Kier alpha value is -2.17. The second kappa shape index (κ2) is 11.6. The minimum absolute atomic E-state index is 0. The van der Waals surface area contributed by atoms with Crippen molar-refractivity contribution in [2.75, 3.05) is 33.7 Å². The molecular weight excluding hydrogens is 473 g/mol. The zero-order valence-electron chi connectivity index (χ0n) is 17.3. The molecule has 0 spiro atoms. The number of nitrogens with one attached hydrogen (secondary N) is 2. The predicted molar refractivity (Wildman–Crippen MR) is 122 cm³/mol. The van der Waals surface area contributed by atoms with Gasteiger partial charge in [0.2, 0.25) is 5.75 Å². The van der Waals surface area contributed by atoms with Gasteiger partial charge in [0.15, 0.2) is 17.5 Å². The number of imidazole rings is 1. The summed E-state index contributed by atoms with van der Waals surface area (Å²) < 4.78 is 18.3. The number of aromatic nitrogens is 2. The van der Waals surface area contributed by atoms with E-state index in [-0.39, 0.29) is 24.0 Å². The summed E-state index contributed by atoms with van der Waals surface area (Å²) in [6, 6.07) is 3.65. The maximum absolute atomic E-state index is 5.39. The van der Waals surface area contributed by atoms with Gasteiger partial charge in [-0.25, -0.2) is 4.98 Å². The van der Waals surface area contributed by atoms with E-state index in [1.807, 2.05) is 24.5 Å². The molecule has 1 aromatic carbocycles. The normalized spacial score (nSPS) is 11.0. The largest absolute Gasteiger partial charge is 0.493 e. The zero-order valence-corrected chi connectivity index (χ0v) is 19.6. The quantitative estimate of drug-likeness (QED) is 0.327. The van der Waals surface area contributed by atoms with Gasteiger partial charge in [0.1, 0.15) is 5.82 Å². The van der Waals surface area contributed by atoms with E-state index in [1.54, 1.807) is 28.4 Å². The number of rotatable bonds is 8. The topological polar surface area (TPSA) is 81.9 Å². The van der Waals surface area contributed by atoms with Crippen molar-refractivity contribution >= 4 is 35.6 Å². The van der Waals surface area contributed by atoms with Crippen molar-refractivity contribution in [1.82, 2.24) is 14.9 Å². The first-order valence-corrected chi connectivity index (χ1v) is 8.80. The molecule has 0 aliphatic heterocycles. The van der Waals surface area contributed by atoms with Gasteiger partial charge in [-0.1, -0.05) is 13.8 Å². The molecule has 0 unspecified atom stereocenters. The highest BCUT2D eigenvalue weighted by molar-refractivity contribution is 14.0. The summed E-state index contributed by atoms with van der Waals surface area (Å²) in [5.74, 6) is 3.81. The summed E-state index contributed by atoms with van der Waals surface area (Å²) in [5, 5.41) is 6.52. The van der Waals surface area contributed by atoms with Crippen LogP contribution < -0.4 is 24.8 Å². The van der Waals surface area contributed by atoms with Crippen molar-refractivity contribution in [3.8, 4) is 17.2 Å². The van der Waals surface area contributed by atoms with Crippen LogP contribution in [0.3, 0.4) is 0 Å². The Kier molecular flexibility index (Phi) is 9.91. The van der Waals surface area contributed by atoms with Crippen molar-refractivity contribution in [2.45, 2.75) is 26.9 Å². The number of benzene rings is 1. The number of anilines is 1. The molecule has 1 aromatic heterocycles. The van der Waals surface area contributed by atoms with E-state index in [4.69, 9.17) is 14.2 Å². The molecule has 9 heteroatoms. The van der Waals surface area contributed by atoms with E-state index >= 15 is 0 Å². The molecular formula is C19H30IN5O3. The lowest BCUT2D eigenvalue weighted by molar-refractivity contribution is 0.324. The Balaban J connectivity index is 0.00000392. The monoisotopic (exact) mass is 503 g/mol. The third-order valence-corrected chi connectivity index (χ3v) is 3.93. The second-order valence-electron chi connectivity index (χ2n) is 6.35. The maximum atomic E-state index is 5.39. The van der Waals surface area contributed by atoms with Crippen molar-refractivity contribution in [3.05, 3.63) is 30.4 Å². The molecule has 0 saturated heterocycles. The second-order valence-corrected chi connectivity index (χ2v) is 6.35. The standard InChI is InChI=1S/C19H29N5O3.HI/c1-13(2)12-24-8-7-21-17(24)11-22-19(20-3)23-14-9-15(25-4)18(27-6)16(10-14)26-5;/h7-10,13H,11-12H2,1-6H3,(H2,20,22,23);1H. The fourth-order valence-electron chi connectivity index (χ4n) is 2.70. The molecule has 0 saturated carbocycles. The third kappa shape index (κ3) is 6.18. The summed E-state index contributed by atoms with van der Waals surface area (Å²) in [6.45, 7) is 5.85. The highest BCUT2D eigenvalue weighted by Gasteiger charge is 2.14. The molecule has 2 N–H and O–H groups in total. The van der Waals surface area contributed by atoms with E-state index in [0.29, 0.717) is 35.7 Å². The molecule has 0 fully saturated rings. The van der Waals surface area contributed by atoms with E-state index in [0.717, 1.165) is 18.1 Å². The smallest absolute Gasteiger partial charge is 0.203 e. The van der Waals surface area contributed by atoms with Crippen molar-refractivity contribution in [1.29, 1.82) is 0 Å². The number of guanidine groups is 1.